The third-order valence-electron chi connectivity index (χ3n) is 3.68. The van der Waals surface area contributed by atoms with Crippen LogP contribution in [-0.2, 0) is 11.2 Å². The molecule has 0 aliphatic rings. The summed E-state index contributed by atoms with van der Waals surface area (Å²) in [6.45, 7) is 2.77. The van der Waals surface area contributed by atoms with Gasteiger partial charge in [-0.25, -0.2) is 0 Å². The largest absolute Gasteiger partial charge is 0.508 e. The first-order valence-corrected chi connectivity index (χ1v) is 7.83. The van der Waals surface area contributed by atoms with E-state index in [0.717, 1.165) is 24.2 Å². The van der Waals surface area contributed by atoms with Crippen LogP contribution < -0.4 is 4.74 Å². The molecule has 0 aromatic heterocycles. The normalized spacial score (nSPS) is 11.9. The standard InChI is InChI=1S/C19H22O4/c1-2-3-10-23-17-9-4-6-14(11-17)12-18(19(21)22)15-7-5-8-16(20)13-15/h4-9,11,13,18,20H,2-3,10,12H2,1H3,(H,21,22). The summed E-state index contributed by atoms with van der Waals surface area (Å²) in [5.41, 5.74) is 1.49. The van der Waals surface area contributed by atoms with Gasteiger partial charge in [0.05, 0.1) is 12.5 Å². The second-order valence-electron chi connectivity index (χ2n) is 5.54. The highest BCUT2D eigenvalue weighted by Crippen LogP contribution is 2.26. The van der Waals surface area contributed by atoms with Gasteiger partial charge in [0, 0.05) is 0 Å². The molecule has 0 radical (unpaired) electrons. The first-order chi connectivity index (χ1) is 11.1. The first kappa shape index (κ1) is 16.9. The Labute approximate surface area is 136 Å². The average molecular weight is 314 g/mol. The van der Waals surface area contributed by atoms with Crippen molar-refractivity contribution >= 4 is 5.97 Å². The number of ether oxygens (including phenoxy) is 1. The lowest BCUT2D eigenvalue weighted by molar-refractivity contribution is -0.138. The fraction of sp³-hybridized carbons (Fsp3) is 0.316. The van der Waals surface area contributed by atoms with E-state index in [1.165, 1.54) is 12.1 Å². The fourth-order valence-corrected chi connectivity index (χ4v) is 2.42. The van der Waals surface area contributed by atoms with Crippen molar-refractivity contribution in [2.45, 2.75) is 32.1 Å². The average Bonchev–Trinajstić information content (AvgIpc) is 2.53. The number of benzene rings is 2. The molecule has 0 aliphatic heterocycles. The number of carbonyl (C=O) groups is 1. The summed E-state index contributed by atoms with van der Waals surface area (Å²) in [5, 5.41) is 19.1. The number of hydrogen-bond donors (Lipinski definition) is 2. The monoisotopic (exact) mass is 314 g/mol. The number of phenols is 1. The molecule has 0 fully saturated rings. The summed E-state index contributed by atoms with van der Waals surface area (Å²) in [7, 11) is 0. The minimum atomic E-state index is -0.909. The zero-order valence-electron chi connectivity index (χ0n) is 13.2. The van der Waals surface area contributed by atoms with Gasteiger partial charge in [-0.1, -0.05) is 37.6 Å². The van der Waals surface area contributed by atoms with Gasteiger partial charge in [0.15, 0.2) is 0 Å². The number of aromatic hydroxyl groups is 1. The molecule has 122 valence electrons. The lowest BCUT2D eigenvalue weighted by atomic mass is 9.92. The van der Waals surface area contributed by atoms with E-state index in [0.29, 0.717) is 18.6 Å². The van der Waals surface area contributed by atoms with Gasteiger partial charge < -0.3 is 14.9 Å². The van der Waals surface area contributed by atoms with Gasteiger partial charge in [0.2, 0.25) is 0 Å². The third kappa shape index (κ3) is 5.02. The van der Waals surface area contributed by atoms with Crippen molar-refractivity contribution in [3.63, 3.8) is 0 Å². The highest BCUT2D eigenvalue weighted by atomic mass is 16.5. The summed E-state index contributed by atoms with van der Waals surface area (Å²) >= 11 is 0. The zero-order valence-corrected chi connectivity index (χ0v) is 13.2. The van der Waals surface area contributed by atoms with Crippen LogP contribution in [0.4, 0.5) is 0 Å². The predicted octanol–water partition coefficient (Wildman–Crippen LogP) is 3.98. The molecule has 23 heavy (non-hydrogen) atoms. The molecule has 0 heterocycles. The minimum Gasteiger partial charge on any atom is -0.508 e. The second-order valence-corrected chi connectivity index (χ2v) is 5.54. The highest BCUT2D eigenvalue weighted by Gasteiger charge is 2.21. The minimum absolute atomic E-state index is 0.0744. The zero-order chi connectivity index (χ0) is 16.7. The Morgan fingerprint density at radius 3 is 2.65 bits per heavy atom. The van der Waals surface area contributed by atoms with Gasteiger partial charge >= 0.3 is 5.97 Å². The Hall–Kier alpha value is -2.49. The summed E-state index contributed by atoms with van der Waals surface area (Å²) in [6, 6.07) is 13.9. The lowest BCUT2D eigenvalue weighted by Crippen LogP contribution is -2.14. The van der Waals surface area contributed by atoms with Gasteiger partial charge in [-0.05, 0) is 48.2 Å². The molecular formula is C19H22O4. The van der Waals surface area contributed by atoms with E-state index in [9.17, 15) is 15.0 Å². The fourth-order valence-electron chi connectivity index (χ4n) is 2.42. The van der Waals surface area contributed by atoms with Crippen LogP contribution in [0, 0.1) is 0 Å². The number of rotatable bonds is 8. The number of hydrogen-bond acceptors (Lipinski definition) is 3. The van der Waals surface area contributed by atoms with E-state index >= 15 is 0 Å². The molecule has 2 rings (SSSR count). The Bertz CT molecular complexity index is 651. The van der Waals surface area contributed by atoms with E-state index in [1.807, 2.05) is 24.3 Å². The van der Waals surface area contributed by atoms with Crippen LogP contribution in [0.2, 0.25) is 0 Å². The van der Waals surface area contributed by atoms with Crippen molar-refractivity contribution in [2.75, 3.05) is 6.61 Å². The van der Waals surface area contributed by atoms with Crippen LogP contribution in [0.25, 0.3) is 0 Å². The van der Waals surface area contributed by atoms with Crippen LogP contribution in [0.15, 0.2) is 48.5 Å². The maximum absolute atomic E-state index is 11.6. The molecule has 1 unspecified atom stereocenters. The maximum atomic E-state index is 11.6. The van der Waals surface area contributed by atoms with Crippen LogP contribution >= 0.6 is 0 Å². The van der Waals surface area contributed by atoms with E-state index in [4.69, 9.17) is 4.74 Å². The molecular weight excluding hydrogens is 292 g/mol. The molecule has 4 nitrogen and oxygen atoms in total. The number of carboxylic acids is 1. The summed E-state index contributed by atoms with van der Waals surface area (Å²) in [4.78, 5) is 11.6. The van der Waals surface area contributed by atoms with Crippen molar-refractivity contribution in [3.8, 4) is 11.5 Å². The predicted molar refractivity (Wildman–Crippen MR) is 89.0 cm³/mol. The van der Waals surface area contributed by atoms with Crippen molar-refractivity contribution in [1.82, 2.24) is 0 Å². The number of carboxylic acid groups (broad SMARTS) is 1. The Morgan fingerprint density at radius 2 is 1.96 bits per heavy atom. The Balaban J connectivity index is 2.14. The highest BCUT2D eigenvalue weighted by molar-refractivity contribution is 5.76. The van der Waals surface area contributed by atoms with E-state index in [2.05, 4.69) is 6.92 Å². The van der Waals surface area contributed by atoms with E-state index < -0.39 is 11.9 Å². The van der Waals surface area contributed by atoms with E-state index in [-0.39, 0.29) is 5.75 Å². The van der Waals surface area contributed by atoms with Crippen LogP contribution in [-0.4, -0.2) is 22.8 Å². The van der Waals surface area contributed by atoms with Gasteiger partial charge in [-0.15, -0.1) is 0 Å². The molecule has 2 N–H and O–H groups in total. The molecule has 0 saturated heterocycles. The summed E-state index contributed by atoms with van der Waals surface area (Å²) in [5.74, 6) is -0.776. The van der Waals surface area contributed by atoms with Gasteiger partial charge in [0.1, 0.15) is 11.5 Å². The maximum Gasteiger partial charge on any atom is 0.311 e. The Kier molecular flexibility index (Phi) is 6.03. The molecule has 2 aromatic rings. The SMILES string of the molecule is CCCCOc1cccc(CC(C(=O)O)c2cccc(O)c2)c1. The number of aliphatic carboxylic acids is 1. The van der Waals surface area contributed by atoms with Crippen molar-refractivity contribution < 1.29 is 19.7 Å². The molecule has 0 bridgehead atoms. The smallest absolute Gasteiger partial charge is 0.311 e. The molecule has 0 saturated carbocycles. The summed E-state index contributed by atoms with van der Waals surface area (Å²) < 4.78 is 5.67. The quantitative estimate of drug-likeness (QED) is 0.723. The topological polar surface area (TPSA) is 66.8 Å². The molecule has 1 atom stereocenters. The third-order valence-corrected chi connectivity index (χ3v) is 3.68. The molecule has 2 aromatic carbocycles. The van der Waals surface area contributed by atoms with Crippen LogP contribution in [0.3, 0.4) is 0 Å². The number of unbranched alkanes of at least 4 members (excludes halogenated alkanes) is 1. The van der Waals surface area contributed by atoms with Crippen molar-refractivity contribution in [3.05, 3.63) is 59.7 Å². The van der Waals surface area contributed by atoms with E-state index in [1.54, 1.807) is 12.1 Å². The van der Waals surface area contributed by atoms with Crippen molar-refractivity contribution in [2.24, 2.45) is 0 Å². The molecule has 4 heteroatoms. The first-order valence-electron chi connectivity index (χ1n) is 7.83. The molecule has 0 spiro atoms. The van der Waals surface area contributed by atoms with Gasteiger partial charge in [-0.2, -0.15) is 0 Å². The summed E-state index contributed by atoms with van der Waals surface area (Å²) in [6.07, 6.45) is 2.41. The molecule has 0 amide bonds. The van der Waals surface area contributed by atoms with Crippen LogP contribution in [0.1, 0.15) is 36.8 Å². The number of phenolic OH excluding ortho intramolecular Hbond substituents is 1. The second kappa shape index (κ2) is 8.22. The van der Waals surface area contributed by atoms with Crippen molar-refractivity contribution in [1.29, 1.82) is 0 Å². The lowest BCUT2D eigenvalue weighted by Gasteiger charge is -2.14. The van der Waals surface area contributed by atoms with Gasteiger partial charge in [-0.3, -0.25) is 4.79 Å². The van der Waals surface area contributed by atoms with Crippen LogP contribution in [0.5, 0.6) is 11.5 Å². The van der Waals surface area contributed by atoms with Gasteiger partial charge in [0.25, 0.3) is 0 Å². The Morgan fingerprint density at radius 1 is 1.17 bits per heavy atom. The molecule has 0 aliphatic carbocycles.